The minimum absolute atomic E-state index is 0.688. The molecule has 82 valence electrons. The third kappa shape index (κ3) is 1.74. The van der Waals surface area contributed by atoms with Crippen LogP contribution in [0.2, 0.25) is 0 Å². The fraction of sp³-hybridized carbons (Fsp3) is 0.308. The van der Waals surface area contributed by atoms with Gasteiger partial charge in [0.2, 0.25) is 0 Å². The lowest BCUT2D eigenvalue weighted by molar-refractivity contribution is 0.466. The van der Waals surface area contributed by atoms with Crippen LogP contribution in [0, 0.1) is 32.1 Å². The second-order valence-corrected chi connectivity index (χ2v) is 4.00. The van der Waals surface area contributed by atoms with Gasteiger partial charge in [-0.2, -0.15) is 5.26 Å². The van der Waals surface area contributed by atoms with Crippen LogP contribution in [0.15, 0.2) is 22.6 Å². The lowest BCUT2D eigenvalue weighted by Crippen LogP contribution is -2.03. The van der Waals surface area contributed by atoms with Gasteiger partial charge >= 0.3 is 0 Å². The molecular weight excluding hydrogens is 200 g/mol. The van der Waals surface area contributed by atoms with E-state index >= 15 is 0 Å². The Kier molecular flexibility index (Phi) is 2.57. The number of nitrogens with zero attached hydrogens (tertiary/aromatic N) is 2. The minimum atomic E-state index is 0.688. The molecule has 2 aromatic rings. The van der Waals surface area contributed by atoms with Gasteiger partial charge in [0, 0.05) is 11.4 Å². The highest BCUT2D eigenvalue weighted by Gasteiger charge is 2.10. The van der Waals surface area contributed by atoms with Gasteiger partial charge in [0.15, 0.2) is 0 Å². The second-order valence-electron chi connectivity index (χ2n) is 4.00. The number of aryl methyl sites for hydroxylation is 2. The molecule has 2 heterocycles. The highest BCUT2D eigenvalue weighted by Crippen LogP contribution is 2.17. The Hall–Kier alpha value is -1.95. The Labute approximate surface area is 94.9 Å². The standard InChI is InChI=1S/C13H14N2O/c1-9-6-12(7-14)11(3)15(9)8-13-5-4-10(2)16-13/h4-6H,8H2,1-3H3. The number of furan rings is 1. The summed E-state index contributed by atoms with van der Waals surface area (Å²) in [5, 5.41) is 8.94. The van der Waals surface area contributed by atoms with E-state index in [4.69, 9.17) is 9.68 Å². The average molecular weight is 214 g/mol. The number of hydrogen-bond acceptors (Lipinski definition) is 2. The van der Waals surface area contributed by atoms with E-state index in [9.17, 15) is 0 Å². The summed E-state index contributed by atoms with van der Waals surface area (Å²) >= 11 is 0. The van der Waals surface area contributed by atoms with Crippen molar-refractivity contribution in [3.63, 3.8) is 0 Å². The summed E-state index contributed by atoms with van der Waals surface area (Å²) in [6.45, 7) is 6.58. The van der Waals surface area contributed by atoms with Crippen molar-refractivity contribution < 1.29 is 4.42 Å². The van der Waals surface area contributed by atoms with E-state index in [-0.39, 0.29) is 0 Å². The van der Waals surface area contributed by atoms with E-state index in [1.54, 1.807) is 0 Å². The van der Waals surface area contributed by atoms with E-state index < -0.39 is 0 Å². The van der Waals surface area contributed by atoms with Crippen molar-refractivity contribution in [1.29, 1.82) is 5.26 Å². The average Bonchev–Trinajstić information content (AvgIpc) is 2.77. The number of hydrogen-bond donors (Lipinski definition) is 0. The first kappa shape index (κ1) is 10.6. The maximum atomic E-state index is 8.94. The third-order valence-corrected chi connectivity index (χ3v) is 2.80. The maximum absolute atomic E-state index is 8.94. The van der Waals surface area contributed by atoms with Gasteiger partial charge in [0.25, 0.3) is 0 Å². The summed E-state index contributed by atoms with van der Waals surface area (Å²) < 4.78 is 7.63. The van der Waals surface area contributed by atoms with Crippen LogP contribution in [0.25, 0.3) is 0 Å². The first-order chi connectivity index (χ1) is 7.61. The molecule has 0 fully saturated rings. The molecule has 0 bridgehead atoms. The van der Waals surface area contributed by atoms with Gasteiger partial charge in [-0.3, -0.25) is 0 Å². The molecule has 0 N–H and O–H groups in total. The summed E-state index contributed by atoms with van der Waals surface area (Å²) in [7, 11) is 0. The predicted octanol–water partition coefficient (Wildman–Crippen LogP) is 2.93. The molecular formula is C13H14N2O. The van der Waals surface area contributed by atoms with Crippen LogP contribution in [-0.4, -0.2) is 4.57 Å². The second kappa shape index (κ2) is 3.90. The van der Waals surface area contributed by atoms with Crippen molar-refractivity contribution >= 4 is 0 Å². The summed E-state index contributed by atoms with van der Waals surface area (Å²) in [6.07, 6.45) is 0. The molecule has 0 aliphatic rings. The molecule has 3 nitrogen and oxygen atoms in total. The maximum Gasteiger partial charge on any atom is 0.123 e. The van der Waals surface area contributed by atoms with E-state index in [1.807, 2.05) is 39.0 Å². The molecule has 16 heavy (non-hydrogen) atoms. The van der Waals surface area contributed by atoms with Crippen molar-refractivity contribution in [1.82, 2.24) is 4.57 Å². The van der Waals surface area contributed by atoms with E-state index in [1.165, 1.54) is 0 Å². The molecule has 0 saturated heterocycles. The quantitative estimate of drug-likeness (QED) is 0.771. The number of rotatable bonds is 2. The molecule has 0 unspecified atom stereocenters. The Bertz CT molecular complexity index is 555. The van der Waals surface area contributed by atoms with Gasteiger partial charge in [-0.15, -0.1) is 0 Å². The fourth-order valence-corrected chi connectivity index (χ4v) is 1.88. The van der Waals surface area contributed by atoms with Crippen LogP contribution in [-0.2, 0) is 6.54 Å². The number of nitriles is 1. The first-order valence-corrected chi connectivity index (χ1v) is 5.24. The van der Waals surface area contributed by atoms with Crippen LogP contribution in [0.1, 0.15) is 28.5 Å². The fourth-order valence-electron chi connectivity index (χ4n) is 1.88. The van der Waals surface area contributed by atoms with Crippen molar-refractivity contribution in [3.05, 3.63) is 46.7 Å². The van der Waals surface area contributed by atoms with Crippen LogP contribution >= 0.6 is 0 Å². The molecule has 0 atom stereocenters. The zero-order valence-corrected chi connectivity index (χ0v) is 9.74. The van der Waals surface area contributed by atoms with Crippen molar-refractivity contribution in [2.45, 2.75) is 27.3 Å². The SMILES string of the molecule is Cc1ccc(Cn2c(C)cc(C#N)c2C)o1. The Morgan fingerprint density at radius 2 is 2.06 bits per heavy atom. The molecule has 0 aliphatic carbocycles. The molecule has 2 rings (SSSR count). The van der Waals surface area contributed by atoms with Gasteiger partial charge in [0.1, 0.15) is 17.6 Å². The normalized spacial score (nSPS) is 10.4. The van der Waals surface area contributed by atoms with E-state index in [2.05, 4.69) is 10.6 Å². The van der Waals surface area contributed by atoms with Gasteiger partial charge in [-0.25, -0.2) is 0 Å². The molecule has 0 aliphatic heterocycles. The molecule has 0 spiro atoms. The first-order valence-electron chi connectivity index (χ1n) is 5.24. The predicted molar refractivity (Wildman–Crippen MR) is 61.2 cm³/mol. The van der Waals surface area contributed by atoms with Crippen LogP contribution in [0.3, 0.4) is 0 Å². The van der Waals surface area contributed by atoms with Gasteiger partial charge in [-0.1, -0.05) is 0 Å². The summed E-state index contributed by atoms with van der Waals surface area (Å²) in [4.78, 5) is 0. The van der Waals surface area contributed by atoms with Crippen molar-refractivity contribution in [2.75, 3.05) is 0 Å². The summed E-state index contributed by atoms with van der Waals surface area (Å²) in [5.74, 6) is 1.83. The molecule has 0 amide bonds. The highest BCUT2D eigenvalue weighted by molar-refractivity contribution is 5.37. The summed E-state index contributed by atoms with van der Waals surface area (Å²) in [5.41, 5.74) is 2.82. The molecule has 3 heteroatoms. The molecule has 2 aromatic heterocycles. The molecule has 0 radical (unpaired) electrons. The van der Waals surface area contributed by atoms with Gasteiger partial charge in [-0.05, 0) is 39.0 Å². The lowest BCUT2D eigenvalue weighted by atomic mass is 10.3. The smallest absolute Gasteiger partial charge is 0.123 e. The number of aromatic nitrogens is 1. The lowest BCUT2D eigenvalue weighted by Gasteiger charge is -2.06. The van der Waals surface area contributed by atoms with E-state index in [0.29, 0.717) is 6.54 Å². The van der Waals surface area contributed by atoms with Crippen molar-refractivity contribution in [3.8, 4) is 6.07 Å². The largest absolute Gasteiger partial charge is 0.464 e. The Morgan fingerprint density at radius 1 is 1.31 bits per heavy atom. The zero-order chi connectivity index (χ0) is 11.7. The van der Waals surface area contributed by atoms with Gasteiger partial charge in [0.05, 0.1) is 12.1 Å². The van der Waals surface area contributed by atoms with Crippen LogP contribution in [0.4, 0.5) is 0 Å². The van der Waals surface area contributed by atoms with Gasteiger partial charge < -0.3 is 8.98 Å². The highest BCUT2D eigenvalue weighted by atomic mass is 16.3. The summed E-state index contributed by atoms with van der Waals surface area (Å²) in [6, 6.07) is 8.03. The Morgan fingerprint density at radius 3 is 2.56 bits per heavy atom. The Balaban J connectivity index is 2.35. The molecule has 0 aromatic carbocycles. The van der Waals surface area contributed by atoms with Crippen LogP contribution < -0.4 is 0 Å². The third-order valence-electron chi connectivity index (χ3n) is 2.80. The van der Waals surface area contributed by atoms with E-state index in [0.717, 1.165) is 28.5 Å². The monoisotopic (exact) mass is 214 g/mol. The zero-order valence-electron chi connectivity index (χ0n) is 9.74. The van der Waals surface area contributed by atoms with Crippen LogP contribution in [0.5, 0.6) is 0 Å². The van der Waals surface area contributed by atoms with Crippen molar-refractivity contribution in [2.24, 2.45) is 0 Å². The molecule has 0 saturated carbocycles. The minimum Gasteiger partial charge on any atom is -0.464 e. The topological polar surface area (TPSA) is 41.9 Å².